The molecule has 0 atom stereocenters. The number of carbonyl (C=O) groups excluding carboxylic acids is 1. The first kappa shape index (κ1) is 20.0. The lowest BCUT2D eigenvalue weighted by atomic mass is 10.1. The van der Waals surface area contributed by atoms with Crippen LogP contribution in [-0.2, 0) is 24.4 Å². The Balaban J connectivity index is 1.29. The van der Waals surface area contributed by atoms with E-state index in [4.69, 9.17) is 4.42 Å². The van der Waals surface area contributed by atoms with Gasteiger partial charge in [0.2, 0.25) is 5.91 Å². The Hall–Kier alpha value is -3.28. The van der Waals surface area contributed by atoms with Gasteiger partial charge < -0.3 is 20.0 Å². The fourth-order valence-corrected chi connectivity index (χ4v) is 3.82. The van der Waals surface area contributed by atoms with Crippen LogP contribution in [0, 0.1) is 6.92 Å². The van der Waals surface area contributed by atoms with Crippen LogP contribution in [0.2, 0.25) is 0 Å². The topological polar surface area (TPSA) is 69.9 Å². The zero-order valence-corrected chi connectivity index (χ0v) is 17.6. The molecule has 0 spiro atoms. The molecule has 0 aliphatic carbocycles. The van der Waals surface area contributed by atoms with Crippen molar-refractivity contribution >= 4 is 22.8 Å². The summed E-state index contributed by atoms with van der Waals surface area (Å²) in [5.74, 6) is 1.90. The van der Waals surface area contributed by atoms with Gasteiger partial charge >= 0.3 is 0 Å². The van der Waals surface area contributed by atoms with Gasteiger partial charge in [0, 0.05) is 44.1 Å². The number of hydrogen-bond acceptors (Lipinski definition) is 3. The quantitative estimate of drug-likeness (QED) is 0.485. The van der Waals surface area contributed by atoms with Gasteiger partial charge in [-0.15, -0.1) is 0 Å². The largest absolute Gasteiger partial charge is 0.459 e. The number of guanidine groups is 1. The predicted octanol–water partition coefficient (Wildman–Crippen LogP) is 3.73. The average Bonchev–Trinajstić information content (AvgIpc) is 3.32. The third-order valence-corrected chi connectivity index (χ3v) is 5.61. The summed E-state index contributed by atoms with van der Waals surface area (Å²) in [5.41, 5.74) is 4.39. The van der Waals surface area contributed by atoms with Crippen LogP contribution < -0.4 is 10.6 Å². The molecule has 1 aromatic heterocycles. The van der Waals surface area contributed by atoms with Gasteiger partial charge in [0.25, 0.3) is 0 Å². The molecule has 1 amide bonds. The van der Waals surface area contributed by atoms with Gasteiger partial charge in [0.1, 0.15) is 11.3 Å². The molecular weight excluding hydrogens is 376 g/mol. The number of rotatable bonds is 6. The zero-order chi connectivity index (χ0) is 20.9. The molecule has 0 saturated carbocycles. The van der Waals surface area contributed by atoms with E-state index >= 15 is 0 Å². The van der Waals surface area contributed by atoms with E-state index in [0.717, 1.165) is 52.3 Å². The number of aliphatic imine (C=N–C) groups is 1. The predicted molar refractivity (Wildman–Crippen MR) is 119 cm³/mol. The van der Waals surface area contributed by atoms with Crippen molar-refractivity contribution in [3.63, 3.8) is 0 Å². The number of benzene rings is 2. The van der Waals surface area contributed by atoms with E-state index in [1.165, 1.54) is 0 Å². The Kier molecular flexibility index (Phi) is 6.02. The molecule has 3 aromatic rings. The highest BCUT2D eigenvalue weighted by molar-refractivity contribution is 5.83. The first-order valence-electron chi connectivity index (χ1n) is 10.4. The smallest absolute Gasteiger partial charge is 0.222 e. The van der Waals surface area contributed by atoms with Crippen LogP contribution in [0.4, 0.5) is 0 Å². The lowest BCUT2D eigenvalue weighted by molar-refractivity contribution is -0.128. The number of furan rings is 1. The molecule has 6 nitrogen and oxygen atoms in total. The number of para-hydroxylation sites is 1. The summed E-state index contributed by atoms with van der Waals surface area (Å²) in [7, 11) is 1.76. The van der Waals surface area contributed by atoms with Gasteiger partial charge in [-0.1, -0.05) is 42.5 Å². The number of amides is 1. The molecule has 0 radical (unpaired) electrons. The molecule has 1 fully saturated rings. The molecular formula is C24H28N4O2. The van der Waals surface area contributed by atoms with Crippen LogP contribution >= 0.6 is 0 Å². The number of likely N-dealkylation sites (tertiary alicyclic amines) is 1. The average molecular weight is 405 g/mol. The molecule has 0 bridgehead atoms. The van der Waals surface area contributed by atoms with E-state index < -0.39 is 0 Å². The number of nitrogens with one attached hydrogen (secondary N) is 2. The van der Waals surface area contributed by atoms with Gasteiger partial charge in [-0.25, -0.2) is 0 Å². The van der Waals surface area contributed by atoms with E-state index in [9.17, 15) is 4.79 Å². The zero-order valence-electron chi connectivity index (χ0n) is 17.6. The Labute approximate surface area is 177 Å². The number of aryl methyl sites for hydroxylation is 1. The molecule has 2 heterocycles. The number of fused-ring (bicyclic) bond motifs is 1. The highest BCUT2D eigenvalue weighted by Gasteiger charge is 2.19. The molecule has 2 N–H and O–H groups in total. The number of hydrogen-bond donors (Lipinski definition) is 2. The van der Waals surface area contributed by atoms with Crippen LogP contribution in [0.25, 0.3) is 11.0 Å². The van der Waals surface area contributed by atoms with E-state index in [0.29, 0.717) is 26.1 Å². The van der Waals surface area contributed by atoms with Gasteiger partial charge in [0.15, 0.2) is 5.96 Å². The highest BCUT2D eigenvalue weighted by Crippen LogP contribution is 2.24. The molecule has 156 valence electrons. The maximum atomic E-state index is 11.8. The van der Waals surface area contributed by atoms with E-state index in [1.807, 2.05) is 23.1 Å². The lowest BCUT2D eigenvalue weighted by Gasteiger charge is -2.16. The van der Waals surface area contributed by atoms with Crippen LogP contribution in [-0.4, -0.2) is 30.4 Å². The first-order chi connectivity index (χ1) is 14.6. The highest BCUT2D eigenvalue weighted by atomic mass is 16.3. The minimum absolute atomic E-state index is 0.260. The molecule has 2 aromatic carbocycles. The van der Waals surface area contributed by atoms with E-state index in [-0.39, 0.29) is 5.91 Å². The van der Waals surface area contributed by atoms with Crippen molar-refractivity contribution in [1.82, 2.24) is 15.5 Å². The maximum Gasteiger partial charge on any atom is 0.222 e. The summed E-state index contributed by atoms with van der Waals surface area (Å²) in [6.07, 6.45) is 1.65. The van der Waals surface area contributed by atoms with Crippen LogP contribution in [0.3, 0.4) is 0 Å². The fraction of sp³-hybridized carbons (Fsp3) is 0.333. The summed E-state index contributed by atoms with van der Waals surface area (Å²) in [4.78, 5) is 18.0. The fourth-order valence-electron chi connectivity index (χ4n) is 3.82. The summed E-state index contributed by atoms with van der Waals surface area (Å²) in [6, 6.07) is 16.5. The number of carbonyl (C=O) groups is 1. The van der Waals surface area contributed by atoms with Crippen LogP contribution in [0.5, 0.6) is 0 Å². The van der Waals surface area contributed by atoms with Crippen molar-refractivity contribution in [3.05, 3.63) is 71.0 Å². The summed E-state index contributed by atoms with van der Waals surface area (Å²) < 4.78 is 5.96. The molecule has 4 rings (SSSR count). The normalized spacial score (nSPS) is 14.5. The maximum absolute atomic E-state index is 11.8. The Bertz CT molecular complexity index is 1050. The van der Waals surface area contributed by atoms with Crippen molar-refractivity contribution in [2.75, 3.05) is 13.6 Å². The molecule has 1 aliphatic heterocycles. The van der Waals surface area contributed by atoms with Crippen molar-refractivity contribution in [3.8, 4) is 0 Å². The van der Waals surface area contributed by atoms with Crippen molar-refractivity contribution < 1.29 is 9.21 Å². The second kappa shape index (κ2) is 9.03. The van der Waals surface area contributed by atoms with Crippen molar-refractivity contribution in [2.24, 2.45) is 4.99 Å². The van der Waals surface area contributed by atoms with Gasteiger partial charge in [-0.3, -0.25) is 9.79 Å². The first-order valence-corrected chi connectivity index (χ1v) is 10.4. The second-order valence-electron chi connectivity index (χ2n) is 7.66. The molecule has 1 saturated heterocycles. The van der Waals surface area contributed by atoms with E-state index in [2.05, 4.69) is 52.9 Å². The van der Waals surface area contributed by atoms with Crippen LogP contribution in [0.15, 0.2) is 57.9 Å². The molecule has 6 heteroatoms. The lowest BCUT2D eigenvalue weighted by Crippen LogP contribution is -2.36. The standard InChI is InChI=1S/C24H28N4O2/c1-17-20-6-3-4-7-21(20)30-22(17)15-27-24(25-2)26-14-18-9-11-19(12-10-18)16-28-13-5-8-23(28)29/h3-4,6-7,9-12H,5,8,13-16H2,1-2H3,(H2,25,26,27). The number of nitrogens with zero attached hydrogens (tertiary/aromatic N) is 2. The Morgan fingerprint density at radius 2 is 1.80 bits per heavy atom. The molecule has 1 aliphatic rings. The van der Waals surface area contributed by atoms with Crippen molar-refractivity contribution in [2.45, 2.75) is 39.4 Å². The van der Waals surface area contributed by atoms with Gasteiger partial charge in [-0.05, 0) is 30.5 Å². The third kappa shape index (κ3) is 4.48. The Morgan fingerprint density at radius 1 is 1.07 bits per heavy atom. The SMILES string of the molecule is CN=C(NCc1ccc(CN2CCCC2=O)cc1)NCc1oc2ccccc2c1C. The van der Waals surface area contributed by atoms with Crippen molar-refractivity contribution in [1.29, 1.82) is 0 Å². The minimum Gasteiger partial charge on any atom is -0.459 e. The van der Waals surface area contributed by atoms with Crippen LogP contribution in [0.1, 0.15) is 35.3 Å². The monoisotopic (exact) mass is 404 g/mol. The third-order valence-electron chi connectivity index (χ3n) is 5.61. The van der Waals surface area contributed by atoms with Gasteiger partial charge in [0.05, 0.1) is 6.54 Å². The summed E-state index contributed by atoms with van der Waals surface area (Å²) in [5, 5.41) is 7.81. The van der Waals surface area contributed by atoms with Gasteiger partial charge in [-0.2, -0.15) is 0 Å². The molecule has 30 heavy (non-hydrogen) atoms. The summed E-state index contributed by atoms with van der Waals surface area (Å²) in [6.45, 7) is 4.89. The van der Waals surface area contributed by atoms with E-state index in [1.54, 1.807) is 7.05 Å². The summed E-state index contributed by atoms with van der Waals surface area (Å²) >= 11 is 0. The Morgan fingerprint density at radius 3 is 2.50 bits per heavy atom. The minimum atomic E-state index is 0.260. The second-order valence-corrected chi connectivity index (χ2v) is 7.66. The molecule has 0 unspecified atom stereocenters.